The Morgan fingerprint density at radius 3 is 2.35 bits per heavy atom. The maximum Gasteiger partial charge on any atom is 0.0700 e. The van der Waals surface area contributed by atoms with Crippen LogP contribution in [-0.2, 0) is 9.47 Å². The molecule has 4 nitrogen and oxygen atoms in total. The first-order valence-corrected chi connectivity index (χ1v) is 6.63. The molecule has 0 bridgehead atoms. The number of aliphatic hydroxyl groups is 1. The fourth-order valence-electron chi connectivity index (χ4n) is 1.68. The van der Waals surface area contributed by atoms with Crippen molar-refractivity contribution in [3.05, 3.63) is 0 Å². The first kappa shape index (κ1) is 16.8. The second kappa shape index (κ2) is 11.0. The second-order valence-electron chi connectivity index (χ2n) is 4.50. The van der Waals surface area contributed by atoms with Crippen LogP contribution in [0.15, 0.2) is 0 Å². The van der Waals surface area contributed by atoms with E-state index in [1.54, 1.807) is 7.11 Å². The molecule has 0 saturated heterocycles. The van der Waals surface area contributed by atoms with E-state index in [9.17, 15) is 5.11 Å². The third-order valence-corrected chi connectivity index (χ3v) is 3.41. The lowest BCUT2D eigenvalue weighted by Crippen LogP contribution is -2.37. The number of ether oxygens (including phenoxy) is 2. The van der Waals surface area contributed by atoms with Crippen molar-refractivity contribution in [1.29, 1.82) is 0 Å². The second-order valence-corrected chi connectivity index (χ2v) is 4.50. The summed E-state index contributed by atoms with van der Waals surface area (Å²) >= 11 is 0. The summed E-state index contributed by atoms with van der Waals surface area (Å²) in [6, 6.07) is 0. The highest BCUT2D eigenvalue weighted by Gasteiger charge is 2.24. The lowest BCUT2D eigenvalue weighted by Gasteiger charge is -2.29. The van der Waals surface area contributed by atoms with Gasteiger partial charge in [-0.05, 0) is 25.8 Å². The van der Waals surface area contributed by atoms with Crippen LogP contribution in [0.25, 0.3) is 0 Å². The molecule has 0 aromatic heterocycles. The third-order valence-electron chi connectivity index (χ3n) is 3.41. The Labute approximate surface area is 106 Å². The van der Waals surface area contributed by atoms with Crippen LogP contribution in [0.2, 0.25) is 0 Å². The Morgan fingerprint density at radius 2 is 1.82 bits per heavy atom. The van der Waals surface area contributed by atoms with Gasteiger partial charge in [0.05, 0.1) is 13.2 Å². The Bertz CT molecular complexity index is 152. The van der Waals surface area contributed by atoms with Gasteiger partial charge >= 0.3 is 0 Å². The first-order valence-electron chi connectivity index (χ1n) is 6.63. The van der Waals surface area contributed by atoms with E-state index in [4.69, 9.17) is 9.47 Å². The van der Waals surface area contributed by atoms with Crippen molar-refractivity contribution in [3.63, 3.8) is 0 Å². The molecule has 0 rings (SSSR count). The van der Waals surface area contributed by atoms with E-state index < -0.39 is 0 Å². The fourth-order valence-corrected chi connectivity index (χ4v) is 1.68. The molecule has 2 N–H and O–H groups in total. The third kappa shape index (κ3) is 7.71. The van der Waals surface area contributed by atoms with E-state index in [0.717, 1.165) is 39.0 Å². The SMILES string of the molecule is CCC(CC)(CO)CNCCCOCCOC. The minimum atomic E-state index is 0.0525. The van der Waals surface area contributed by atoms with Gasteiger partial charge in [0.2, 0.25) is 0 Å². The molecular weight excluding hydrogens is 218 g/mol. The van der Waals surface area contributed by atoms with Crippen molar-refractivity contribution in [1.82, 2.24) is 5.32 Å². The largest absolute Gasteiger partial charge is 0.396 e. The molecule has 0 aliphatic heterocycles. The molecule has 0 heterocycles. The van der Waals surface area contributed by atoms with Crippen LogP contribution in [0.3, 0.4) is 0 Å². The molecule has 0 atom stereocenters. The van der Waals surface area contributed by atoms with Crippen molar-refractivity contribution in [2.24, 2.45) is 5.41 Å². The zero-order chi connectivity index (χ0) is 13.0. The summed E-state index contributed by atoms with van der Waals surface area (Å²) in [5.41, 5.74) is 0.0525. The van der Waals surface area contributed by atoms with Crippen molar-refractivity contribution < 1.29 is 14.6 Å². The van der Waals surface area contributed by atoms with Crippen LogP contribution in [0.4, 0.5) is 0 Å². The topological polar surface area (TPSA) is 50.7 Å². The van der Waals surface area contributed by atoms with E-state index in [-0.39, 0.29) is 12.0 Å². The van der Waals surface area contributed by atoms with Gasteiger partial charge in [-0.2, -0.15) is 0 Å². The number of aliphatic hydroxyl groups excluding tert-OH is 1. The van der Waals surface area contributed by atoms with E-state index in [0.29, 0.717) is 13.2 Å². The Kier molecular flexibility index (Phi) is 10.9. The van der Waals surface area contributed by atoms with Crippen LogP contribution in [0.5, 0.6) is 0 Å². The van der Waals surface area contributed by atoms with E-state index >= 15 is 0 Å². The lowest BCUT2D eigenvalue weighted by atomic mass is 9.83. The normalized spacial score (nSPS) is 12.0. The molecule has 0 spiro atoms. The number of methoxy groups -OCH3 is 1. The molecule has 0 aliphatic rings. The molecule has 104 valence electrons. The minimum absolute atomic E-state index is 0.0525. The van der Waals surface area contributed by atoms with Gasteiger partial charge in [-0.3, -0.25) is 0 Å². The van der Waals surface area contributed by atoms with Crippen LogP contribution in [0, 0.1) is 5.41 Å². The summed E-state index contributed by atoms with van der Waals surface area (Å²) in [4.78, 5) is 0. The molecule has 0 radical (unpaired) electrons. The highest BCUT2D eigenvalue weighted by atomic mass is 16.5. The predicted octanol–water partition coefficient (Wildman–Crippen LogP) is 1.43. The standard InChI is InChI=1S/C13H29NO3/c1-4-13(5-2,12-15)11-14-7-6-8-17-10-9-16-3/h14-15H,4-12H2,1-3H3. The summed E-state index contributed by atoms with van der Waals surface area (Å²) in [6.07, 6.45) is 3.02. The molecule has 0 saturated carbocycles. The Hall–Kier alpha value is -0.160. The Morgan fingerprint density at radius 1 is 1.12 bits per heavy atom. The minimum Gasteiger partial charge on any atom is -0.396 e. The molecule has 17 heavy (non-hydrogen) atoms. The summed E-state index contributed by atoms with van der Waals surface area (Å²) in [7, 11) is 1.68. The van der Waals surface area contributed by atoms with E-state index in [2.05, 4.69) is 19.2 Å². The molecule has 0 unspecified atom stereocenters. The molecule has 0 amide bonds. The summed E-state index contributed by atoms with van der Waals surface area (Å²) in [5.74, 6) is 0. The van der Waals surface area contributed by atoms with Gasteiger partial charge in [0.1, 0.15) is 0 Å². The quantitative estimate of drug-likeness (QED) is 0.512. The number of hydrogen-bond donors (Lipinski definition) is 2. The monoisotopic (exact) mass is 247 g/mol. The maximum atomic E-state index is 9.40. The fraction of sp³-hybridized carbons (Fsp3) is 1.00. The zero-order valence-corrected chi connectivity index (χ0v) is 11.6. The Balaban J connectivity index is 3.43. The summed E-state index contributed by atoms with van der Waals surface area (Å²) < 4.78 is 10.3. The van der Waals surface area contributed by atoms with Gasteiger partial charge in [-0.1, -0.05) is 13.8 Å². The van der Waals surface area contributed by atoms with E-state index in [1.807, 2.05) is 0 Å². The predicted molar refractivity (Wildman–Crippen MR) is 70.3 cm³/mol. The van der Waals surface area contributed by atoms with Gasteiger partial charge in [0.15, 0.2) is 0 Å². The lowest BCUT2D eigenvalue weighted by molar-refractivity contribution is 0.0683. The van der Waals surface area contributed by atoms with E-state index in [1.165, 1.54) is 0 Å². The van der Waals surface area contributed by atoms with Crippen LogP contribution in [-0.4, -0.2) is 51.7 Å². The van der Waals surface area contributed by atoms with Gasteiger partial charge in [0, 0.05) is 32.3 Å². The van der Waals surface area contributed by atoms with Gasteiger partial charge in [0.25, 0.3) is 0 Å². The van der Waals surface area contributed by atoms with Crippen LogP contribution >= 0.6 is 0 Å². The van der Waals surface area contributed by atoms with Gasteiger partial charge in [-0.15, -0.1) is 0 Å². The first-order chi connectivity index (χ1) is 8.24. The van der Waals surface area contributed by atoms with Crippen molar-refractivity contribution >= 4 is 0 Å². The molecule has 0 aromatic rings. The maximum absolute atomic E-state index is 9.40. The molecule has 0 aliphatic carbocycles. The summed E-state index contributed by atoms with van der Waals surface area (Å²) in [6.45, 7) is 8.44. The van der Waals surface area contributed by atoms with Crippen molar-refractivity contribution in [2.75, 3.05) is 46.6 Å². The number of hydrogen-bond acceptors (Lipinski definition) is 4. The summed E-state index contributed by atoms with van der Waals surface area (Å²) in [5, 5.41) is 12.8. The average molecular weight is 247 g/mol. The van der Waals surface area contributed by atoms with Gasteiger partial charge < -0.3 is 19.9 Å². The average Bonchev–Trinajstić information content (AvgIpc) is 2.38. The highest BCUT2D eigenvalue weighted by molar-refractivity contribution is 4.77. The molecule has 4 heteroatoms. The zero-order valence-electron chi connectivity index (χ0n) is 11.6. The van der Waals surface area contributed by atoms with Crippen molar-refractivity contribution in [2.45, 2.75) is 33.1 Å². The van der Waals surface area contributed by atoms with Crippen LogP contribution < -0.4 is 5.32 Å². The van der Waals surface area contributed by atoms with Gasteiger partial charge in [-0.25, -0.2) is 0 Å². The molecule has 0 fully saturated rings. The smallest absolute Gasteiger partial charge is 0.0700 e. The highest BCUT2D eigenvalue weighted by Crippen LogP contribution is 2.24. The van der Waals surface area contributed by atoms with Crippen LogP contribution in [0.1, 0.15) is 33.1 Å². The van der Waals surface area contributed by atoms with Crippen molar-refractivity contribution in [3.8, 4) is 0 Å². The number of nitrogens with one attached hydrogen (secondary N) is 1. The number of rotatable bonds is 12. The molecular formula is C13H29NO3. The molecule has 0 aromatic carbocycles.